The molecule has 6 nitrogen and oxygen atoms in total. The number of hydrogen-bond donors (Lipinski definition) is 1. The number of carbonyl (C=O) groups is 3. The molecule has 1 aliphatic rings. The first kappa shape index (κ1) is 20.2. The predicted octanol–water partition coefficient (Wildman–Crippen LogP) is 2.99. The summed E-state index contributed by atoms with van der Waals surface area (Å²) < 4.78 is 5.30. The minimum absolute atomic E-state index is 0.286. The maximum absolute atomic E-state index is 13.0. The van der Waals surface area contributed by atoms with E-state index in [4.69, 9.17) is 0 Å². The third kappa shape index (κ3) is 3.59. The number of fused-ring (bicyclic) bond motifs is 1. The molecule has 1 unspecified atom stereocenters. The van der Waals surface area contributed by atoms with Crippen molar-refractivity contribution in [1.82, 2.24) is 0 Å². The lowest BCUT2D eigenvalue weighted by Gasteiger charge is -2.22. The van der Waals surface area contributed by atoms with Gasteiger partial charge in [-0.25, -0.2) is 0 Å². The van der Waals surface area contributed by atoms with Crippen LogP contribution in [0, 0.1) is 0 Å². The lowest BCUT2D eigenvalue weighted by molar-refractivity contribution is -0.142. The van der Waals surface area contributed by atoms with E-state index in [1.165, 1.54) is 7.11 Å². The molecule has 0 aromatic heterocycles. The second-order valence-electron chi connectivity index (χ2n) is 6.64. The maximum Gasteiger partial charge on any atom is 0.325 e. The fourth-order valence-corrected chi connectivity index (χ4v) is 3.67. The fourth-order valence-electron chi connectivity index (χ4n) is 3.30. The molecule has 1 heterocycles. The molecule has 1 aliphatic heterocycles. The maximum atomic E-state index is 13.0. The molecule has 7 heteroatoms. The normalized spacial score (nSPS) is 18.1. The highest BCUT2D eigenvalue weighted by Crippen LogP contribution is 2.44. The molecule has 146 valence electrons. The first-order valence-electron chi connectivity index (χ1n) is 8.83. The van der Waals surface area contributed by atoms with Gasteiger partial charge in [0, 0.05) is 15.6 Å². The summed E-state index contributed by atoms with van der Waals surface area (Å²) in [6, 6.07) is 12.0. The molecule has 0 fully saturated rings. The molecule has 0 saturated heterocycles. The van der Waals surface area contributed by atoms with Crippen LogP contribution in [0.15, 0.2) is 46.9 Å². The number of nitrogens with zero attached hydrogens (tertiary/aromatic N) is 1. The number of esters is 1. The van der Waals surface area contributed by atoms with Crippen LogP contribution in [0.1, 0.15) is 34.8 Å². The van der Waals surface area contributed by atoms with Crippen LogP contribution >= 0.6 is 15.9 Å². The summed E-state index contributed by atoms with van der Waals surface area (Å²) in [5.41, 5.74) is 0.129. The summed E-state index contributed by atoms with van der Waals surface area (Å²) in [6.45, 7) is 1.67. The SMILES string of the molecule is CCc1ccc(C(=O)CC2(O)C(=O)N(CC(=O)OC)c3ccc(Br)cc32)cc1. The first-order valence-corrected chi connectivity index (χ1v) is 9.62. The number of halogens is 1. The number of hydrogen-bond acceptors (Lipinski definition) is 5. The third-order valence-electron chi connectivity index (χ3n) is 4.91. The van der Waals surface area contributed by atoms with E-state index in [0.717, 1.165) is 16.9 Å². The van der Waals surface area contributed by atoms with Crippen molar-refractivity contribution in [2.75, 3.05) is 18.6 Å². The first-order chi connectivity index (χ1) is 13.3. The van der Waals surface area contributed by atoms with Gasteiger partial charge in [-0.1, -0.05) is 47.1 Å². The standard InChI is InChI=1S/C21H20BrNO5/c1-3-13-4-6-14(7-5-13)18(24)11-21(27)16-10-15(22)8-9-17(16)23(20(21)26)12-19(25)28-2/h4-10,27H,3,11-12H2,1-2H3. The summed E-state index contributed by atoms with van der Waals surface area (Å²) in [6.07, 6.45) is 0.430. The highest BCUT2D eigenvalue weighted by atomic mass is 79.9. The third-order valence-corrected chi connectivity index (χ3v) is 5.40. The van der Waals surface area contributed by atoms with Gasteiger partial charge in [-0.2, -0.15) is 0 Å². The fraction of sp³-hybridized carbons (Fsp3) is 0.286. The van der Waals surface area contributed by atoms with Crippen LogP contribution in [-0.4, -0.2) is 36.4 Å². The number of amides is 1. The van der Waals surface area contributed by atoms with Crippen molar-refractivity contribution >= 4 is 39.3 Å². The number of aryl methyl sites for hydroxylation is 1. The average molecular weight is 446 g/mol. The Morgan fingerprint density at radius 3 is 2.46 bits per heavy atom. The number of benzene rings is 2. The van der Waals surface area contributed by atoms with Crippen LogP contribution in [0.5, 0.6) is 0 Å². The van der Waals surface area contributed by atoms with Crippen LogP contribution in [0.25, 0.3) is 0 Å². The second-order valence-corrected chi connectivity index (χ2v) is 7.56. The van der Waals surface area contributed by atoms with Crippen LogP contribution in [0.3, 0.4) is 0 Å². The zero-order chi connectivity index (χ0) is 20.5. The van der Waals surface area contributed by atoms with Gasteiger partial charge in [0.1, 0.15) is 6.54 Å². The number of carbonyl (C=O) groups excluding carboxylic acids is 3. The summed E-state index contributed by atoms with van der Waals surface area (Å²) in [5, 5.41) is 11.2. The summed E-state index contributed by atoms with van der Waals surface area (Å²) in [5.74, 6) is -1.69. The average Bonchev–Trinajstić information content (AvgIpc) is 2.89. The number of ether oxygens (including phenoxy) is 1. The summed E-state index contributed by atoms with van der Waals surface area (Å²) in [7, 11) is 1.22. The Kier molecular flexibility index (Phi) is 5.67. The van der Waals surface area contributed by atoms with Crippen molar-refractivity contribution in [3.63, 3.8) is 0 Å². The van der Waals surface area contributed by atoms with Gasteiger partial charge in [0.25, 0.3) is 5.91 Å². The number of anilines is 1. The van der Waals surface area contributed by atoms with Gasteiger partial charge < -0.3 is 9.84 Å². The number of ketones is 1. The zero-order valence-electron chi connectivity index (χ0n) is 15.6. The second kappa shape index (κ2) is 7.85. The molecule has 0 spiro atoms. The van der Waals surface area contributed by atoms with E-state index in [1.54, 1.807) is 30.3 Å². The summed E-state index contributed by atoms with van der Waals surface area (Å²) in [4.78, 5) is 38.7. The Morgan fingerprint density at radius 2 is 1.86 bits per heavy atom. The van der Waals surface area contributed by atoms with Gasteiger partial charge in [0.2, 0.25) is 0 Å². The summed E-state index contributed by atoms with van der Waals surface area (Å²) >= 11 is 3.33. The molecule has 0 radical (unpaired) electrons. The van der Waals surface area contributed by atoms with Crippen molar-refractivity contribution in [3.05, 3.63) is 63.6 Å². The van der Waals surface area contributed by atoms with Gasteiger partial charge in [-0.05, 0) is 30.2 Å². The molecule has 2 aromatic rings. The largest absolute Gasteiger partial charge is 0.468 e. The predicted molar refractivity (Wildman–Crippen MR) is 107 cm³/mol. The van der Waals surface area contributed by atoms with E-state index in [1.807, 2.05) is 19.1 Å². The Balaban J connectivity index is 1.96. The molecular weight excluding hydrogens is 426 g/mol. The Labute approximate surface area is 171 Å². The van der Waals surface area contributed by atoms with Crippen LogP contribution in [0.4, 0.5) is 5.69 Å². The molecule has 1 N–H and O–H groups in total. The lowest BCUT2D eigenvalue weighted by Crippen LogP contribution is -2.43. The van der Waals surface area contributed by atoms with Gasteiger partial charge in [-0.3, -0.25) is 19.3 Å². The van der Waals surface area contributed by atoms with Crippen molar-refractivity contribution < 1.29 is 24.2 Å². The number of rotatable bonds is 6. The van der Waals surface area contributed by atoms with Gasteiger partial charge >= 0.3 is 5.97 Å². The van der Waals surface area contributed by atoms with Crippen LogP contribution in [-0.2, 0) is 26.3 Å². The highest BCUT2D eigenvalue weighted by molar-refractivity contribution is 9.10. The zero-order valence-corrected chi connectivity index (χ0v) is 17.2. The monoisotopic (exact) mass is 445 g/mol. The van der Waals surface area contributed by atoms with E-state index in [-0.39, 0.29) is 17.9 Å². The van der Waals surface area contributed by atoms with Crippen molar-refractivity contribution in [1.29, 1.82) is 0 Å². The van der Waals surface area contributed by atoms with Crippen LogP contribution < -0.4 is 4.90 Å². The molecule has 3 rings (SSSR count). The Bertz CT molecular complexity index is 940. The minimum Gasteiger partial charge on any atom is -0.468 e. The minimum atomic E-state index is -2.05. The number of methoxy groups -OCH3 is 1. The van der Waals surface area contributed by atoms with Crippen molar-refractivity contribution in [3.8, 4) is 0 Å². The Morgan fingerprint density at radius 1 is 1.18 bits per heavy atom. The number of aliphatic hydroxyl groups is 1. The molecule has 1 atom stereocenters. The van der Waals surface area contributed by atoms with Gasteiger partial charge in [0.15, 0.2) is 11.4 Å². The van der Waals surface area contributed by atoms with E-state index in [0.29, 0.717) is 15.7 Å². The highest BCUT2D eigenvalue weighted by Gasteiger charge is 2.51. The van der Waals surface area contributed by atoms with Gasteiger partial charge in [-0.15, -0.1) is 0 Å². The van der Waals surface area contributed by atoms with Gasteiger partial charge in [0.05, 0.1) is 19.2 Å². The number of Topliss-reactive ketones (excluding diaryl/α,β-unsaturated/α-hetero) is 1. The van der Waals surface area contributed by atoms with E-state index in [9.17, 15) is 19.5 Å². The topological polar surface area (TPSA) is 83.9 Å². The van der Waals surface area contributed by atoms with E-state index in [2.05, 4.69) is 20.7 Å². The van der Waals surface area contributed by atoms with E-state index >= 15 is 0 Å². The molecule has 28 heavy (non-hydrogen) atoms. The van der Waals surface area contributed by atoms with Crippen molar-refractivity contribution in [2.24, 2.45) is 0 Å². The van der Waals surface area contributed by atoms with Crippen LogP contribution in [0.2, 0.25) is 0 Å². The Hall–Kier alpha value is -2.51. The van der Waals surface area contributed by atoms with E-state index < -0.39 is 23.9 Å². The molecule has 0 saturated carbocycles. The van der Waals surface area contributed by atoms with Crippen molar-refractivity contribution in [2.45, 2.75) is 25.4 Å². The molecule has 2 aromatic carbocycles. The molecule has 0 aliphatic carbocycles. The smallest absolute Gasteiger partial charge is 0.325 e. The molecule has 1 amide bonds. The lowest BCUT2D eigenvalue weighted by atomic mass is 9.88. The molecular formula is C21H20BrNO5. The quantitative estimate of drug-likeness (QED) is 0.545. The molecule has 0 bridgehead atoms.